The number of hydrogen-bond acceptors (Lipinski definition) is 5. The molecule has 0 aliphatic carbocycles. The summed E-state index contributed by atoms with van der Waals surface area (Å²) in [4.78, 5) is 13.0. The van der Waals surface area contributed by atoms with Crippen LogP contribution in [0.15, 0.2) is 11.2 Å². The lowest BCUT2D eigenvalue weighted by atomic mass is 10.2. The van der Waals surface area contributed by atoms with E-state index in [0.717, 1.165) is 6.20 Å². The van der Waals surface area contributed by atoms with Gasteiger partial charge in [0.15, 0.2) is 5.03 Å². The summed E-state index contributed by atoms with van der Waals surface area (Å²) in [6.07, 6.45) is 1.01. The van der Waals surface area contributed by atoms with Gasteiger partial charge in [0.05, 0.1) is 6.20 Å². The molecule has 19 heavy (non-hydrogen) atoms. The number of hydrogen-bond donors (Lipinski definition) is 2. The molecule has 1 aliphatic rings. The number of carboxylic acids is 1. The van der Waals surface area contributed by atoms with Gasteiger partial charge in [0.1, 0.15) is 5.56 Å². The molecule has 2 rings (SSSR count). The lowest BCUT2D eigenvalue weighted by molar-refractivity contribution is 0.0692. The van der Waals surface area contributed by atoms with Crippen LogP contribution in [0, 0.1) is 0 Å². The van der Waals surface area contributed by atoms with Gasteiger partial charge < -0.3 is 10.0 Å². The van der Waals surface area contributed by atoms with Crippen LogP contribution in [0.1, 0.15) is 17.3 Å². The number of aromatic carboxylic acids is 1. The summed E-state index contributed by atoms with van der Waals surface area (Å²) < 4.78 is 26.1. The number of rotatable bonds is 3. The minimum Gasteiger partial charge on any atom is -0.478 e. The fourth-order valence-electron chi connectivity index (χ4n) is 1.99. The Labute approximate surface area is 111 Å². The van der Waals surface area contributed by atoms with Crippen molar-refractivity contribution in [2.45, 2.75) is 18.0 Å². The highest BCUT2D eigenvalue weighted by atomic mass is 32.2. The van der Waals surface area contributed by atoms with E-state index in [1.807, 2.05) is 14.0 Å². The number of nitrogens with zero attached hydrogens (tertiary/aromatic N) is 3. The van der Waals surface area contributed by atoms with Gasteiger partial charge in [-0.05, 0) is 14.0 Å². The summed E-state index contributed by atoms with van der Waals surface area (Å²) in [7, 11) is -1.92. The zero-order valence-corrected chi connectivity index (χ0v) is 11.5. The van der Waals surface area contributed by atoms with E-state index in [-0.39, 0.29) is 16.6 Å². The van der Waals surface area contributed by atoms with Gasteiger partial charge in [0.25, 0.3) is 10.0 Å². The molecule has 1 aromatic heterocycles. The third-order valence-electron chi connectivity index (χ3n) is 3.36. The number of H-pyrrole nitrogens is 1. The molecule has 1 atom stereocenters. The van der Waals surface area contributed by atoms with Gasteiger partial charge in [0.2, 0.25) is 0 Å². The van der Waals surface area contributed by atoms with Gasteiger partial charge in [-0.25, -0.2) is 13.2 Å². The summed E-state index contributed by atoms with van der Waals surface area (Å²) in [5.41, 5.74) is -0.327. The molecule has 1 fully saturated rings. The van der Waals surface area contributed by atoms with Crippen molar-refractivity contribution in [3.8, 4) is 0 Å². The zero-order valence-electron chi connectivity index (χ0n) is 10.7. The third kappa shape index (κ3) is 2.48. The molecule has 0 bridgehead atoms. The Morgan fingerprint density at radius 2 is 2.21 bits per heavy atom. The van der Waals surface area contributed by atoms with Crippen LogP contribution in [0.2, 0.25) is 0 Å². The maximum absolute atomic E-state index is 12.4. The predicted molar refractivity (Wildman–Crippen MR) is 66.4 cm³/mol. The zero-order chi connectivity index (χ0) is 14.2. The molecular weight excluding hydrogens is 272 g/mol. The highest BCUT2D eigenvalue weighted by molar-refractivity contribution is 7.89. The summed E-state index contributed by atoms with van der Waals surface area (Å²) >= 11 is 0. The van der Waals surface area contributed by atoms with Crippen LogP contribution >= 0.6 is 0 Å². The van der Waals surface area contributed by atoms with Crippen molar-refractivity contribution >= 4 is 16.0 Å². The molecule has 1 saturated heterocycles. The minimum atomic E-state index is -3.84. The molecular formula is C10H16N4O4S. The molecule has 0 amide bonds. The van der Waals surface area contributed by atoms with Gasteiger partial charge in [0, 0.05) is 25.7 Å². The van der Waals surface area contributed by atoms with Gasteiger partial charge in [-0.15, -0.1) is 0 Å². The van der Waals surface area contributed by atoms with Crippen LogP contribution in [0.3, 0.4) is 0 Å². The van der Waals surface area contributed by atoms with Crippen LogP contribution in [0.4, 0.5) is 0 Å². The number of likely N-dealkylation sites (N-methyl/N-ethyl adjacent to an activating group) is 1. The highest BCUT2D eigenvalue weighted by Crippen LogP contribution is 2.20. The number of carboxylic acid groups (broad SMARTS) is 1. The molecule has 1 aromatic rings. The molecule has 8 nitrogen and oxygen atoms in total. The number of aromatic amines is 1. The number of carbonyl (C=O) groups is 1. The largest absolute Gasteiger partial charge is 0.478 e. The predicted octanol–water partition coefficient (Wildman–Crippen LogP) is -0.567. The van der Waals surface area contributed by atoms with Crippen LogP contribution in [-0.2, 0) is 10.0 Å². The Kier molecular flexibility index (Phi) is 3.61. The molecule has 2 heterocycles. The smallest absolute Gasteiger partial charge is 0.340 e. The minimum absolute atomic E-state index is 0.0831. The number of aromatic nitrogens is 2. The maximum atomic E-state index is 12.4. The monoisotopic (exact) mass is 288 g/mol. The van der Waals surface area contributed by atoms with Crippen molar-refractivity contribution in [1.29, 1.82) is 0 Å². The Hall–Kier alpha value is -1.45. The van der Waals surface area contributed by atoms with Crippen molar-refractivity contribution in [2.24, 2.45) is 0 Å². The first-order valence-electron chi connectivity index (χ1n) is 5.81. The van der Waals surface area contributed by atoms with Crippen molar-refractivity contribution in [2.75, 3.05) is 26.7 Å². The van der Waals surface area contributed by atoms with Gasteiger partial charge >= 0.3 is 5.97 Å². The first kappa shape index (κ1) is 14.0. The fraction of sp³-hybridized carbons (Fsp3) is 0.600. The quantitative estimate of drug-likeness (QED) is 0.771. The standard InChI is InChI=1S/C10H16N4O4S/c1-7-6-14(4-3-13(7)2)19(17,18)9-8(10(15)16)5-11-12-9/h5,7H,3-4,6H2,1-2H3,(H,11,12)(H,15,16). The molecule has 106 valence electrons. The maximum Gasteiger partial charge on any atom is 0.340 e. The second-order valence-corrected chi connectivity index (χ2v) is 6.49. The third-order valence-corrected chi connectivity index (χ3v) is 5.19. The highest BCUT2D eigenvalue weighted by Gasteiger charge is 2.34. The van der Waals surface area contributed by atoms with Crippen LogP contribution in [0.25, 0.3) is 0 Å². The number of sulfonamides is 1. The lowest BCUT2D eigenvalue weighted by Crippen LogP contribution is -2.52. The van der Waals surface area contributed by atoms with E-state index in [0.29, 0.717) is 19.6 Å². The SMILES string of the molecule is CC1CN(S(=O)(=O)c2[nH]ncc2C(=O)O)CCN1C. The molecule has 2 N–H and O–H groups in total. The van der Waals surface area contributed by atoms with E-state index in [4.69, 9.17) is 5.11 Å². The normalized spacial score (nSPS) is 22.5. The average molecular weight is 288 g/mol. The topological polar surface area (TPSA) is 107 Å². The molecule has 0 saturated carbocycles. The van der Waals surface area contributed by atoms with E-state index >= 15 is 0 Å². The summed E-state index contributed by atoms with van der Waals surface area (Å²) in [6, 6.07) is 0.0831. The van der Waals surface area contributed by atoms with Crippen LogP contribution < -0.4 is 0 Å². The Morgan fingerprint density at radius 3 is 2.79 bits per heavy atom. The first-order chi connectivity index (χ1) is 8.84. The van der Waals surface area contributed by atoms with Crippen molar-refractivity contribution in [3.05, 3.63) is 11.8 Å². The Morgan fingerprint density at radius 1 is 1.53 bits per heavy atom. The van der Waals surface area contributed by atoms with E-state index in [1.54, 1.807) is 0 Å². The lowest BCUT2D eigenvalue weighted by Gasteiger charge is -2.36. The Balaban J connectivity index is 2.33. The van der Waals surface area contributed by atoms with Gasteiger partial charge in [-0.3, -0.25) is 5.10 Å². The molecule has 9 heteroatoms. The van der Waals surface area contributed by atoms with E-state index in [1.165, 1.54) is 4.31 Å². The first-order valence-corrected chi connectivity index (χ1v) is 7.25. The molecule has 0 radical (unpaired) electrons. The molecule has 0 aromatic carbocycles. The molecule has 0 spiro atoms. The van der Waals surface area contributed by atoms with E-state index in [9.17, 15) is 13.2 Å². The van der Waals surface area contributed by atoms with Crippen LogP contribution in [0.5, 0.6) is 0 Å². The summed E-state index contributed by atoms with van der Waals surface area (Å²) in [6.45, 7) is 3.20. The summed E-state index contributed by atoms with van der Waals surface area (Å²) in [5, 5.41) is 14.4. The molecule has 1 aliphatic heterocycles. The average Bonchev–Trinajstić information content (AvgIpc) is 2.82. The fourth-order valence-corrected chi connectivity index (χ4v) is 3.56. The Bertz CT molecular complexity index is 582. The van der Waals surface area contributed by atoms with E-state index < -0.39 is 16.0 Å². The number of piperazine rings is 1. The van der Waals surface area contributed by atoms with Gasteiger partial charge in [-0.1, -0.05) is 0 Å². The molecule has 1 unspecified atom stereocenters. The van der Waals surface area contributed by atoms with Crippen LogP contribution in [-0.4, -0.2) is 71.6 Å². The van der Waals surface area contributed by atoms with Crippen molar-refractivity contribution in [3.63, 3.8) is 0 Å². The second-order valence-electron chi connectivity index (χ2n) is 4.61. The van der Waals surface area contributed by atoms with Crippen molar-refractivity contribution in [1.82, 2.24) is 19.4 Å². The van der Waals surface area contributed by atoms with E-state index in [2.05, 4.69) is 15.1 Å². The second kappa shape index (κ2) is 4.91. The van der Waals surface area contributed by atoms with Gasteiger partial charge in [-0.2, -0.15) is 9.40 Å². The van der Waals surface area contributed by atoms with Crippen molar-refractivity contribution < 1.29 is 18.3 Å². The number of nitrogens with one attached hydrogen (secondary N) is 1. The summed E-state index contributed by atoms with van der Waals surface area (Å²) in [5.74, 6) is -1.31.